The Morgan fingerprint density at radius 3 is 2.70 bits per heavy atom. The van der Waals surface area contributed by atoms with Crippen LogP contribution in [0.1, 0.15) is 52.4 Å². The van der Waals surface area contributed by atoms with E-state index in [9.17, 15) is 8.42 Å². The maximum atomic E-state index is 12.4. The van der Waals surface area contributed by atoms with E-state index in [1.54, 1.807) is 4.31 Å². The fraction of sp³-hybridized carbons (Fsp3) is 1.00. The van der Waals surface area contributed by atoms with E-state index in [0.29, 0.717) is 25.0 Å². The quantitative estimate of drug-likeness (QED) is 0.714. The van der Waals surface area contributed by atoms with E-state index in [1.165, 1.54) is 12.8 Å². The van der Waals surface area contributed by atoms with Crippen LogP contribution >= 0.6 is 0 Å². The SMILES string of the molecule is CCCC(C)NS(=O)(=O)N1CCCC(CNC2CC2)C1. The molecule has 0 aromatic carbocycles. The minimum absolute atomic E-state index is 0.0231. The number of piperidine rings is 1. The van der Waals surface area contributed by atoms with Crippen molar-refractivity contribution >= 4 is 10.2 Å². The molecular formula is C14H29N3O2S. The Bertz CT molecular complexity index is 395. The van der Waals surface area contributed by atoms with Gasteiger partial charge >= 0.3 is 0 Å². The predicted molar refractivity (Wildman–Crippen MR) is 81.7 cm³/mol. The predicted octanol–water partition coefficient (Wildman–Crippen LogP) is 1.47. The molecule has 2 aliphatic rings. The molecule has 0 radical (unpaired) electrons. The second-order valence-electron chi connectivity index (χ2n) is 6.36. The molecule has 1 aliphatic heterocycles. The van der Waals surface area contributed by atoms with Gasteiger partial charge in [0.2, 0.25) is 0 Å². The normalized spacial score (nSPS) is 26.6. The van der Waals surface area contributed by atoms with Gasteiger partial charge in [0.05, 0.1) is 0 Å². The highest BCUT2D eigenvalue weighted by Gasteiger charge is 2.30. The smallest absolute Gasteiger partial charge is 0.279 e. The summed E-state index contributed by atoms with van der Waals surface area (Å²) in [6.07, 6.45) is 6.56. The Hall–Kier alpha value is -0.170. The largest absolute Gasteiger partial charge is 0.314 e. The van der Waals surface area contributed by atoms with Crippen molar-refractivity contribution in [3.8, 4) is 0 Å². The number of nitrogens with zero attached hydrogens (tertiary/aromatic N) is 1. The molecule has 0 bridgehead atoms. The minimum atomic E-state index is -3.31. The highest BCUT2D eigenvalue weighted by Crippen LogP contribution is 2.22. The number of hydrogen-bond acceptors (Lipinski definition) is 3. The van der Waals surface area contributed by atoms with Crippen molar-refractivity contribution in [2.24, 2.45) is 5.92 Å². The maximum Gasteiger partial charge on any atom is 0.279 e. The molecule has 2 unspecified atom stereocenters. The van der Waals surface area contributed by atoms with E-state index in [4.69, 9.17) is 0 Å². The highest BCUT2D eigenvalue weighted by atomic mass is 32.2. The van der Waals surface area contributed by atoms with Gasteiger partial charge in [0.25, 0.3) is 10.2 Å². The maximum absolute atomic E-state index is 12.4. The lowest BCUT2D eigenvalue weighted by molar-refractivity contribution is 0.256. The molecule has 20 heavy (non-hydrogen) atoms. The molecule has 1 saturated carbocycles. The van der Waals surface area contributed by atoms with Crippen molar-refractivity contribution in [3.05, 3.63) is 0 Å². The number of hydrogen-bond donors (Lipinski definition) is 2. The standard InChI is InChI=1S/C14H29N3O2S/c1-3-5-12(2)16-20(18,19)17-9-4-6-13(11-17)10-15-14-7-8-14/h12-16H,3-11H2,1-2H3. The molecule has 0 aromatic rings. The van der Waals surface area contributed by atoms with E-state index < -0.39 is 10.2 Å². The van der Waals surface area contributed by atoms with Crippen LogP contribution in [0.15, 0.2) is 0 Å². The van der Waals surface area contributed by atoms with Gasteiger partial charge in [0.1, 0.15) is 0 Å². The molecule has 2 N–H and O–H groups in total. The van der Waals surface area contributed by atoms with Crippen LogP contribution in [0.2, 0.25) is 0 Å². The van der Waals surface area contributed by atoms with Crippen LogP contribution in [-0.4, -0.2) is 44.4 Å². The lowest BCUT2D eigenvalue weighted by Gasteiger charge is -2.33. The molecule has 2 rings (SSSR count). The van der Waals surface area contributed by atoms with Crippen LogP contribution < -0.4 is 10.0 Å². The molecule has 5 nitrogen and oxygen atoms in total. The lowest BCUT2D eigenvalue weighted by Crippen LogP contribution is -2.49. The first kappa shape index (κ1) is 16.2. The molecule has 118 valence electrons. The molecule has 2 atom stereocenters. The van der Waals surface area contributed by atoms with Crippen molar-refractivity contribution < 1.29 is 8.42 Å². The summed E-state index contributed by atoms with van der Waals surface area (Å²) in [4.78, 5) is 0. The summed E-state index contributed by atoms with van der Waals surface area (Å²) in [6.45, 7) is 6.30. The average molecular weight is 303 g/mol. The first-order valence-corrected chi connectivity index (χ1v) is 9.46. The van der Waals surface area contributed by atoms with Gasteiger partial charge in [-0.25, -0.2) is 0 Å². The summed E-state index contributed by atoms with van der Waals surface area (Å²) in [5, 5.41) is 3.52. The van der Waals surface area contributed by atoms with E-state index in [1.807, 2.05) is 6.92 Å². The topological polar surface area (TPSA) is 61.4 Å². The summed E-state index contributed by atoms with van der Waals surface area (Å²) in [6, 6.07) is 0.722. The summed E-state index contributed by atoms with van der Waals surface area (Å²) >= 11 is 0. The van der Waals surface area contributed by atoms with Crippen molar-refractivity contribution in [3.63, 3.8) is 0 Å². The van der Waals surface area contributed by atoms with Crippen LogP contribution in [0.4, 0.5) is 0 Å². The van der Waals surface area contributed by atoms with Crippen LogP contribution in [0.5, 0.6) is 0 Å². The zero-order valence-electron chi connectivity index (χ0n) is 12.8. The van der Waals surface area contributed by atoms with Crippen LogP contribution in [0, 0.1) is 5.92 Å². The van der Waals surface area contributed by atoms with E-state index >= 15 is 0 Å². The van der Waals surface area contributed by atoms with E-state index in [-0.39, 0.29) is 6.04 Å². The lowest BCUT2D eigenvalue weighted by atomic mass is 10.00. The third-order valence-electron chi connectivity index (χ3n) is 4.17. The molecule has 2 fully saturated rings. The Balaban J connectivity index is 1.82. The van der Waals surface area contributed by atoms with Crippen LogP contribution in [0.25, 0.3) is 0 Å². The van der Waals surface area contributed by atoms with Gasteiger partial charge in [-0.1, -0.05) is 13.3 Å². The molecule has 0 aromatic heterocycles. The first-order chi connectivity index (χ1) is 9.51. The Morgan fingerprint density at radius 2 is 2.05 bits per heavy atom. The Labute approximate surface area is 123 Å². The van der Waals surface area contributed by atoms with Crippen molar-refractivity contribution in [1.82, 2.24) is 14.3 Å². The second-order valence-corrected chi connectivity index (χ2v) is 8.06. The fourth-order valence-corrected chi connectivity index (χ4v) is 4.41. The zero-order valence-corrected chi connectivity index (χ0v) is 13.6. The van der Waals surface area contributed by atoms with Gasteiger partial charge < -0.3 is 5.32 Å². The molecule has 6 heteroatoms. The molecule has 0 spiro atoms. The van der Waals surface area contributed by atoms with Gasteiger partial charge in [-0.3, -0.25) is 0 Å². The van der Waals surface area contributed by atoms with Gasteiger partial charge in [-0.15, -0.1) is 0 Å². The van der Waals surface area contributed by atoms with Gasteiger partial charge in [-0.2, -0.15) is 17.4 Å². The summed E-state index contributed by atoms with van der Waals surface area (Å²) in [7, 11) is -3.31. The second kappa shape index (κ2) is 7.20. The number of nitrogens with one attached hydrogen (secondary N) is 2. The van der Waals surface area contributed by atoms with Gasteiger partial charge in [0.15, 0.2) is 0 Å². The van der Waals surface area contributed by atoms with Gasteiger partial charge in [0, 0.05) is 25.2 Å². The molecular weight excluding hydrogens is 274 g/mol. The monoisotopic (exact) mass is 303 g/mol. The Morgan fingerprint density at radius 1 is 1.30 bits per heavy atom. The molecule has 1 saturated heterocycles. The average Bonchev–Trinajstić information content (AvgIpc) is 3.20. The minimum Gasteiger partial charge on any atom is -0.314 e. The molecule has 1 heterocycles. The van der Waals surface area contributed by atoms with Gasteiger partial charge in [-0.05, 0) is 51.5 Å². The molecule has 0 amide bonds. The summed E-state index contributed by atoms with van der Waals surface area (Å²) in [5.74, 6) is 0.461. The first-order valence-electron chi connectivity index (χ1n) is 8.02. The van der Waals surface area contributed by atoms with Crippen LogP contribution in [0.3, 0.4) is 0 Å². The highest BCUT2D eigenvalue weighted by molar-refractivity contribution is 7.87. The third kappa shape index (κ3) is 4.98. The number of rotatable bonds is 8. The third-order valence-corrected chi connectivity index (χ3v) is 5.88. The van der Waals surface area contributed by atoms with Crippen molar-refractivity contribution in [2.45, 2.75) is 64.5 Å². The van der Waals surface area contributed by atoms with Crippen molar-refractivity contribution in [2.75, 3.05) is 19.6 Å². The Kier molecular flexibility index (Phi) is 5.84. The fourth-order valence-electron chi connectivity index (χ4n) is 2.85. The van der Waals surface area contributed by atoms with Crippen molar-refractivity contribution in [1.29, 1.82) is 0 Å². The summed E-state index contributed by atoms with van der Waals surface area (Å²) in [5.41, 5.74) is 0. The molecule has 1 aliphatic carbocycles. The summed E-state index contributed by atoms with van der Waals surface area (Å²) < 4.78 is 29.2. The zero-order chi connectivity index (χ0) is 14.6. The van der Waals surface area contributed by atoms with E-state index in [2.05, 4.69) is 17.0 Å². The van der Waals surface area contributed by atoms with Crippen LogP contribution in [-0.2, 0) is 10.2 Å². The van der Waals surface area contributed by atoms with E-state index in [0.717, 1.165) is 32.2 Å².